The number of nitrogens with zero attached hydrogens (tertiary/aromatic N) is 2. The third kappa shape index (κ3) is 8.59. The first-order valence-electron chi connectivity index (χ1n) is 13.1. The minimum absolute atomic E-state index is 0.130. The summed E-state index contributed by atoms with van der Waals surface area (Å²) in [5.41, 5.74) is 2.13. The Labute approximate surface area is 237 Å². The highest BCUT2D eigenvalue weighted by molar-refractivity contribution is 6.30. The highest BCUT2D eigenvalue weighted by Gasteiger charge is 2.27. The topological polar surface area (TPSA) is 148 Å². The molecule has 4 N–H and O–H groups in total. The zero-order valence-electron chi connectivity index (χ0n) is 22.4. The first-order valence-corrected chi connectivity index (χ1v) is 13.4. The van der Waals surface area contributed by atoms with Crippen LogP contribution < -0.4 is 10.4 Å². The Morgan fingerprint density at radius 2 is 1.73 bits per heavy atom. The van der Waals surface area contributed by atoms with Gasteiger partial charge in [0.05, 0.1) is 30.6 Å². The molecule has 0 radical (unpaired) electrons. The lowest BCUT2D eigenvalue weighted by atomic mass is 10.0. The summed E-state index contributed by atoms with van der Waals surface area (Å²) in [6.07, 6.45) is -2.56. The number of hydrogen-bond acceptors (Lipinski definition) is 7. The highest BCUT2D eigenvalue weighted by atomic mass is 35.5. The number of nitrogens with one attached hydrogen (secondary N) is 1. The van der Waals surface area contributed by atoms with E-state index in [9.17, 15) is 34.4 Å². The van der Waals surface area contributed by atoms with Crippen LogP contribution in [0, 0.1) is 5.82 Å². The van der Waals surface area contributed by atoms with Crippen molar-refractivity contribution in [3.05, 3.63) is 76.3 Å². The summed E-state index contributed by atoms with van der Waals surface area (Å²) in [5, 5.41) is 44.5. The Hall–Kier alpha value is -3.31. The third-order valence-electron chi connectivity index (χ3n) is 6.45. The molecule has 216 valence electrons. The number of imidazole rings is 1. The van der Waals surface area contributed by atoms with Crippen molar-refractivity contribution in [2.24, 2.45) is 0 Å². The lowest BCUT2D eigenvalue weighted by Crippen LogP contribution is -2.39. The smallest absolute Gasteiger partial charge is 0.272 e. The van der Waals surface area contributed by atoms with E-state index in [0.29, 0.717) is 28.5 Å². The number of rotatable bonds is 14. The number of carbonyl (C=O) groups is 2. The second-order valence-corrected chi connectivity index (χ2v) is 10.5. The molecule has 0 fully saturated rings. The Balaban J connectivity index is 1.91. The molecule has 1 aromatic heterocycles. The predicted octanol–water partition coefficient (Wildman–Crippen LogP) is 2.44. The number of halogens is 2. The van der Waals surface area contributed by atoms with Gasteiger partial charge in [0.15, 0.2) is 0 Å². The van der Waals surface area contributed by atoms with Gasteiger partial charge in [-0.2, -0.15) is 0 Å². The fourth-order valence-electron chi connectivity index (χ4n) is 4.57. The molecule has 0 aliphatic carbocycles. The second kappa shape index (κ2) is 14.4. The van der Waals surface area contributed by atoms with Crippen molar-refractivity contribution in [1.29, 1.82) is 0 Å². The summed E-state index contributed by atoms with van der Waals surface area (Å²) in [5.74, 6) is -2.15. The molecule has 0 aliphatic rings. The van der Waals surface area contributed by atoms with Gasteiger partial charge in [-0.05, 0) is 67.1 Å². The molecule has 2 aromatic carbocycles. The summed E-state index contributed by atoms with van der Waals surface area (Å²) in [6, 6.07) is 12.1. The van der Waals surface area contributed by atoms with E-state index in [-0.39, 0.29) is 37.6 Å². The third-order valence-corrected chi connectivity index (χ3v) is 6.71. The number of aromatic nitrogens is 2. The first kappa shape index (κ1) is 31.2. The fraction of sp³-hybridized carbons (Fsp3) is 0.414. The maximum absolute atomic E-state index is 13.7. The van der Waals surface area contributed by atoms with Crippen molar-refractivity contribution < 1.29 is 34.4 Å². The molecule has 3 aromatic rings. The molecule has 0 saturated heterocycles. The Bertz CT molecular complexity index is 1280. The average Bonchev–Trinajstić information content (AvgIpc) is 3.28. The van der Waals surface area contributed by atoms with E-state index in [1.165, 1.54) is 24.3 Å². The number of aliphatic hydroxyl groups excluding tert-OH is 3. The molecule has 1 heterocycles. The number of carboxylic acid groups (broad SMARTS) is 1. The molecule has 0 bridgehead atoms. The van der Waals surface area contributed by atoms with Crippen molar-refractivity contribution in [3.8, 4) is 11.4 Å². The van der Waals surface area contributed by atoms with Gasteiger partial charge in [0, 0.05) is 29.5 Å². The van der Waals surface area contributed by atoms with Gasteiger partial charge in [0.1, 0.15) is 17.3 Å². The number of aliphatic carboxylic acids is 1. The number of amides is 1. The van der Waals surface area contributed by atoms with Gasteiger partial charge in [0.2, 0.25) is 0 Å². The van der Waals surface area contributed by atoms with E-state index in [4.69, 9.17) is 11.6 Å². The first-order chi connectivity index (χ1) is 19.0. The maximum atomic E-state index is 13.7. The van der Waals surface area contributed by atoms with E-state index in [2.05, 4.69) is 10.3 Å². The van der Waals surface area contributed by atoms with E-state index < -0.39 is 42.4 Å². The summed E-state index contributed by atoms with van der Waals surface area (Å²) < 4.78 is 15.4. The summed E-state index contributed by atoms with van der Waals surface area (Å²) in [7, 11) is 0. The van der Waals surface area contributed by atoms with Crippen LogP contribution in [-0.4, -0.2) is 61.6 Å². The van der Waals surface area contributed by atoms with Crippen molar-refractivity contribution in [2.75, 3.05) is 6.61 Å². The summed E-state index contributed by atoms with van der Waals surface area (Å²) in [6.45, 7) is 3.65. The van der Waals surface area contributed by atoms with Crippen LogP contribution in [0.1, 0.15) is 60.8 Å². The van der Waals surface area contributed by atoms with Crippen LogP contribution in [-0.2, 0) is 17.8 Å². The van der Waals surface area contributed by atoms with Gasteiger partial charge in [-0.1, -0.05) is 37.6 Å². The van der Waals surface area contributed by atoms with Crippen LogP contribution in [0.2, 0.25) is 5.02 Å². The van der Waals surface area contributed by atoms with E-state index in [1.807, 2.05) is 26.0 Å². The molecule has 3 rings (SSSR count). The largest absolute Gasteiger partial charge is 0.550 e. The van der Waals surface area contributed by atoms with Gasteiger partial charge >= 0.3 is 0 Å². The molecule has 0 spiro atoms. The van der Waals surface area contributed by atoms with E-state index >= 15 is 0 Å². The van der Waals surface area contributed by atoms with Crippen LogP contribution in [0.4, 0.5) is 4.39 Å². The predicted molar refractivity (Wildman–Crippen MR) is 146 cm³/mol. The zero-order chi connectivity index (χ0) is 29.4. The number of carboxylic acids is 1. The minimum Gasteiger partial charge on any atom is -0.550 e. The second-order valence-electron chi connectivity index (χ2n) is 10.1. The normalized spacial score (nSPS) is 13.7. The standard InChI is InChI=1S/C29H35ClFN3O6/c1-17(2)27-26(29(40)32-22(16-35)13-18-3-7-20(30)8-4-18)33-28(19-5-9-21(31)10-6-19)34(27)12-11-23(36)14-24(37)15-25(38)39/h3-10,17,22-24,35-37H,11-16H2,1-2H3,(H,32,40)(H,38,39)/p-1/t22?,23-,24-/m1/s1. The molecule has 40 heavy (non-hydrogen) atoms. The summed E-state index contributed by atoms with van der Waals surface area (Å²) >= 11 is 5.95. The fourth-order valence-corrected chi connectivity index (χ4v) is 4.70. The number of aliphatic hydroxyl groups is 3. The number of hydrogen-bond donors (Lipinski definition) is 4. The van der Waals surface area contributed by atoms with Crippen molar-refractivity contribution in [1.82, 2.24) is 14.9 Å². The van der Waals surface area contributed by atoms with Crippen LogP contribution in [0.25, 0.3) is 11.4 Å². The van der Waals surface area contributed by atoms with Gasteiger partial charge in [-0.15, -0.1) is 0 Å². The average molecular weight is 575 g/mol. The zero-order valence-corrected chi connectivity index (χ0v) is 23.1. The molecular weight excluding hydrogens is 541 g/mol. The van der Waals surface area contributed by atoms with Crippen LogP contribution in [0.3, 0.4) is 0 Å². The van der Waals surface area contributed by atoms with E-state index in [0.717, 1.165) is 5.56 Å². The Morgan fingerprint density at radius 1 is 1.07 bits per heavy atom. The van der Waals surface area contributed by atoms with Gasteiger partial charge < -0.3 is 35.1 Å². The number of benzene rings is 2. The monoisotopic (exact) mass is 574 g/mol. The van der Waals surface area contributed by atoms with Crippen LogP contribution in [0.15, 0.2) is 48.5 Å². The van der Waals surface area contributed by atoms with E-state index in [1.54, 1.807) is 16.7 Å². The molecule has 11 heteroatoms. The summed E-state index contributed by atoms with van der Waals surface area (Å²) in [4.78, 5) is 28.9. The molecule has 1 amide bonds. The Kier molecular flexibility index (Phi) is 11.2. The van der Waals surface area contributed by atoms with Crippen molar-refractivity contribution in [3.63, 3.8) is 0 Å². The van der Waals surface area contributed by atoms with Crippen LogP contribution in [0.5, 0.6) is 0 Å². The molecule has 3 atom stereocenters. The van der Waals surface area contributed by atoms with Crippen LogP contribution >= 0.6 is 11.6 Å². The molecule has 0 aliphatic heterocycles. The van der Waals surface area contributed by atoms with Crippen molar-refractivity contribution in [2.45, 2.75) is 70.2 Å². The Morgan fingerprint density at radius 3 is 2.30 bits per heavy atom. The lowest BCUT2D eigenvalue weighted by molar-refractivity contribution is -0.307. The number of carbonyl (C=O) groups excluding carboxylic acids is 2. The molecule has 1 unspecified atom stereocenters. The highest BCUT2D eigenvalue weighted by Crippen LogP contribution is 2.29. The van der Waals surface area contributed by atoms with Gasteiger partial charge in [0.25, 0.3) is 5.91 Å². The van der Waals surface area contributed by atoms with Gasteiger partial charge in [-0.3, -0.25) is 4.79 Å². The molecule has 9 nitrogen and oxygen atoms in total. The maximum Gasteiger partial charge on any atom is 0.272 e. The van der Waals surface area contributed by atoms with Crippen molar-refractivity contribution >= 4 is 23.5 Å². The SMILES string of the molecule is CC(C)c1c(C(=O)NC(CO)Cc2ccc(Cl)cc2)nc(-c2ccc(F)cc2)n1CC[C@@H](O)C[C@@H](O)CC(=O)[O-]. The molecule has 0 saturated carbocycles. The lowest BCUT2D eigenvalue weighted by Gasteiger charge is -2.20. The van der Waals surface area contributed by atoms with Gasteiger partial charge in [-0.25, -0.2) is 9.37 Å². The molecular formula is C29H34ClFN3O6-. The quantitative estimate of drug-likeness (QED) is 0.231. The minimum atomic E-state index is -1.41.